The normalized spacial score (nSPS) is 17.4. The van der Waals surface area contributed by atoms with Crippen molar-refractivity contribution in [2.75, 3.05) is 0 Å². The maximum absolute atomic E-state index is 5.81. The molecular formula is C10H13N3. The number of aromatic nitrogens is 2. The molecule has 3 heteroatoms. The molecule has 1 fully saturated rings. The summed E-state index contributed by atoms with van der Waals surface area (Å²) in [5.41, 5.74) is 6.93. The average Bonchev–Trinajstić information content (AvgIpc) is 2.81. The van der Waals surface area contributed by atoms with Crippen molar-refractivity contribution in [2.45, 2.75) is 12.8 Å². The zero-order valence-corrected chi connectivity index (χ0v) is 7.48. The van der Waals surface area contributed by atoms with Gasteiger partial charge in [0.05, 0.1) is 0 Å². The molecule has 2 rings (SSSR count). The zero-order chi connectivity index (χ0) is 9.26. The highest BCUT2D eigenvalue weighted by atomic mass is 15.3. The Labute approximate surface area is 77.5 Å². The fourth-order valence-electron chi connectivity index (χ4n) is 1.25. The Hall–Kier alpha value is -1.51. The van der Waals surface area contributed by atoms with Crippen molar-refractivity contribution in [1.29, 1.82) is 0 Å². The molecule has 0 bridgehead atoms. The molecule has 0 aromatic carbocycles. The van der Waals surface area contributed by atoms with Crippen LogP contribution in [-0.2, 0) is 0 Å². The van der Waals surface area contributed by atoms with Gasteiger partial charge in [-0.25, -0.2) is 4.68 Å². The predicted octanol–water partition coefficient (Wildman–Crippen LogP) is 1.61. The molecule has 2 N–H and O–H groups in total. The zero-order valence-electron chi connectivity index (χ0n) is 7.48. The summed E-state index contributed by atoms with van der Waals surface area (Å²) in [6.45, 7) is 3.97. The first-order chi connectivity index (χ1) is 6.27. The summed E-state index contributed by atoms with van der Waals surface area (Å²) in [6.07, 6.45) is 7.95. The maximum atomic E-state index is 5.81. The molecule has 0 spiro atoms. The van der Waals surface area contributed by atoms with Gasteiger partial charge in [0.25, 0.3) is 0 Å². The second-order valence-corrected chi connectivity index (χ2v) is 3.37. The molecule has 68 valence electrons. The smallest absolute Gasteiger partial charge is 0.125 e. The van der Waals surface area contributed by atoms with Crippen molar-refractivity contribution in [3.63, 3.8) is 0 Å². The second-order valence-electron chi connectivity index (χ2n) is 3.37. The molecule has 1 saturated carbocycles. The van der Waals surface area contributed by atoms with E-state index < -0.39 is 0 Å². The van der Waals surface area contributed by atoms with Gasteiger partial charge >= 0.3 is 0 Å². The highest BCUT2D eigenvalue weighted by molar-refractivity contribution is 5.46. The summed E-state index contributed by atoms with van der Waals surface area (Å²) >= 11 is 0. The van der Waals surface area contributed by atoms with Gasteiger partial charge in [-0.05, 0) is 36.5 Å². The number of nitrogens with two attached hydrogens (primary N) is 1. The molecule has 1 aromatic heterocycles. The Bertz CT molecular complexity index is 331. The fourth-order valence-corrected chi connectivity index (χ4v) is 1.25. The summed E-state index contributed by atoms with van der Waals surface area (Å²) < 4.78 is 1.65. The molecule has 0 radical (unpaired) electrons. The fraction of sp³-hybridized carbons (Fsp3) is 0.300. The van der Waals surface area contributed by atoms with Gasteiger partial charge in [-0.3, -0.25) is 0 Å². The van der Waals surface area contributed by atoms with Gasteiger partial charge in [0.2, 0.25) is 0 Å². The quantitative estimate of drug-likeness (QED) is 0.709. The topological polar surface area (TPSA) is 43.8 Å². The average molecular weight is 175 g/mol. The minimum Gasteiger partial charge on any atom is -0.384 e. The Balaban J connectivity index is 2.11. The molecule has 1 heterocycles. The third-order valence-corrected chi connectivity index (χ3v) is 2.20. The SMILES string of the molecule is C=C(/C=C(\N)n1cccn1)C1CC1. The van der Waals surface area contributed by atoms with Gasteiger partial charge < -0.3 is 5.73 Å². The van der Waals surface area contributed by atoms with Crippen molar-refractivity contribution in [3.8, 4) is 0 Å². The Kier molecular flexibility index (Phi) is 1.93. The van der Waals surface area contributed by atoms with E-state index >= 15 is 0 Å². The van der Waals surface area contributed by atoms with Crippen LogP contribution in [0.1, 0.15) is 12.8 Å². The van der Waals surface area contributed by atoms with Crippen LogP contribution in [0.5, 0.6) is 0 Å². The standard InChI is InChI=1S/C10H13N3/c1-8(9-3-4-9)7-10(11)13-6-2-5-12-13/h2,5-7,9H,1,3-4,11H2/b10-7+. The van der Waals surface area contributed by atoms with E-state index in [-0.39, 0.29) is 0 Å². The number of rotatable bonds is 3. The van der Waals surface area contributed by atoms with E-state index in [1.54, 1.807) is 10.9 Å². The van der Waals surface area contributed by atoms with Crippen LogP contribution >= 0.6 is 0 Å². The van der Waals surface area contributed by atoms with Crippen molar-refractivity contribution >= 4 is 5.82 Å². The summed E-state index contributed by atoms with van der Waals surface area (Å²) in [7, 11) is 0. The van der Waals surface area contributed by atoms with Crippen molar-refractivity contribution in [1.82, 2.24) is 9.78 Å². The largest absolute Gasteiger partial charge is 0.384 e. The van der Waals surface area contributed by atoms with Gasteiger partial charge in [0.1, 0.15) is 5.82 Å². The summed E-state index contributed by atoms with van der Waals surface area (Å²) in [4.78, 5) is 0. The van der Waals surface area contributed by atoms with Crippen LogP contribution in [0.2, 0.25) is 0 Å². The first-order valence-electron chi connectivity index (χ1n) is 4.43. The van der Waals surface area contributed by atoms with E-state index in [2.05, 4.69) is 11.7 Å². The van der Waals surface area contributed by atoms with Crippen LogP contribution in [0.4, 0.5) is 0 Å². The highest BCUT2D eigenvalue weighted by Gasteiger charge is 2.23. The third kappa shape index (κ3) is 1.80. The van der Waals surface area contributed by atoms with Crippen LogP contribution < -0.4 is 5.73 Å². The minimum absolute atomic E-state index is 0.641. The van der Waals surface area contributed by atoms with Crippen LogP contribution in [0, 0.1) is 5.92 Å². The lowest BCUT2D eigenvalue weighted by Crippen LogP contribution is -2.07. The molecule has 1 aliphatic carbocycles. The first-order valence-corrected chi connectivity index (χ1v) is 4.43. The molecule has 1 aliphatic rings. The number of hydrogen-bond donors (Lipinski definition) is 1. The first kappa shape index (κ1) is 8.10. The van der Waals surface area contributed by atoms with Crippen LogP contribution in [0.25, 0.3) is 5.82 Å². The van der Waals surface area contributed by atoms with Crippen molar-refractivity contribution in [3.05, 3.63) is 36.7 Å². The van der Waals surface area contributed by atoms with E-state index in [4.69, 9.17) is 5.73 Å². The summed E-state index contributed by atoms with van der Waals surface area (Å²) in [6, 6.07) is 1.85. The lowest BCUT2D eigenvalue weighted by atomic mass is 10.2. The molecule has 3 nitrogen and oxygen atoms in total. The van der Waals surface area contributed by atoms with Gasteiger partial charge in [0, 0.05) is 12.4 Å². The lowest BCUT2D eigenvalue weighted by Gasteiger charge is -2.01. The van der Waals surface area contributed by atoms with E-state index in [9.17, 15) is 0 Å². The van der Waals surface area contributed by atoms with Gasteiger partial charge in [-0.2, -0.15) is 5.10 Å². The molecule has 0 aliphatic heterocycles. The van der Waals surface area contributed by atoms with Gasteiger partial charge in [-0.15, -0.1) is 0 Å². The van der Waals surface area contributed by atoms with Crippen LogP contribution in [0.15, 0.2) is 36.7 Å². The Morgan fingerprint density at radius 2 is 2.38 bits per heavy atom. The van der Waals surface area contributed by atoms with Crippen LogP contribution in [0.3, 0.4) is 0 Å². The van der Waals surface area contributed by atoms with E-state index in [1.807, 2.05) is 18.3 Å². The van der Waals surface area contributed by atoms with Crippen molar-refractivity contribution in [2.24, 2.45) is 11.7 Å². The predicted molar refractivity (Wildman–Crippen MR) is 52.6 cm³/mol. The van der Waals surface area contributed by atoms with Gasteiger partial charge in [-0.1, -0.05) is 6.58 Å². The lowest BCUT2D eigenvalue weighted by molar-refractivity contribution is 0.883. The molecule has 0 saturated heterocycles. The molecule has 0 amide bonds. The monoisotopic (exact) mass is 175 g/mol. The number of hydrogen-bond acceptors (Lipinski definition) is 2. The molecule has 1 aromatic rings. The minimum atomic E-state index is 0.641. The van der Waals surface area contributed by atoms with Crippen LogP contribution in [-0.4, -0.2) is 9.78 Å². The molecule has 13 heavy (non-hydrogen) atoms. The Morgan fingerprint density at radius 3 is 2.92 bits per heavy atom. The number of nitrogens with zero attached hydrogens (tertiary/aromatic N) is 2. The maximum Gasteiger partial charge on any atom is 0.125 e. The van der Waals surface area contributed by atoms with E-state index in [1.165, 1.54) is 12.8 Å². The van der Waals surface area contributed by atoms with Gasteiger partial charge in [0.15, 0.2) is 0 Å². The van der Waals surface area contributed by atoms with E-state index in [0.717, 1.165) is 5.57 Å². The number of allylic oxidation sites excluding steroid dienone is 2. The Morgan fingerprint density at radius 1 is 1.62 bits per heavy atom. The second kappa shape index (κ2) is 3.09. The molecular weight excluding hydrogens is 162 g/mol. The van der Waals surface area contributed by atoms with E-state index in [0.29, 0.717) is 11.7 Å². The highest BCUT2D eigenvalue weighted by Crippen LogP contribution is 2.36. The van der Waals surface area contributed by atoms with Crippen molar-refractivity contribution < 1.29 is 0 Å². The summed E-state index contributed by atoms with van der Waals surface area (Å²) in [5.74, 6) is 1.30. The molecule has 0 atom stereocenters. The summed E-state index contributed by atoms with van der Waals surface area (Å²) in [5, 5.41) is 4.03. The third-order valence-electron chi connectivity index (χ3n) is 2.20. The molecule has 0 unspecified atom stereocenters.